The molecule has 1 aromatic heterocycles. The maximum atomic E-state index is 13.1. The molecular formula is C27H33N3O3S. The van der Waals surface area contributed by atoms with Crippen molar-refractivity contribution in [2.75, 3.05) is 52.8 Å². The van der Waals surface area contributed by atoms with E-state index in [0.29, 0.717) is 5.56 Å². The lowest BCUT2D eigenvalue weighted by molar-refractivity contribution is 0.102. The SMILES string of the molecule is COc1ccc([C@H](c2c(NC(=O)c3ccccc3)sc(C)c2C)N2CCN(C)CC2)c(OC)c1. The molecule has 1 aliphatic rings. The first-order valence-electron chi connectivity index (χ1n) is 11.5. The molecule has 2 heterocycles. The Morgan fingerprint density at radius 2 is 1.71 bits per heavy atom. The Bertz CT molecular complexity index is 1140. The number of amides is 1. The van der Waals surface area contributed by atoms with Crippen LogP contribution in [0.3, 0.4) is 0 Å². The van der Waals surface area contributed by atoms with Crippen LogP contribution in [0, 0.1) is 13.8 Å². The highest BCUT2D eigenvalue weighted by Gasteiger charge is 2.33. The molecule has 3 aromatic rings. The first-order valence-corrected chi connectivity index (χ1v) is 12.4. The van der Waals surface area contributed by atoms with Gasteiger partial charge in [0.1, 0.15) is 16.5 Å². The number of hydrogen-bond donors (Lipinski definition) is 1. The van der Waals surface area contributed by atoms with Gasteiger partial charge in [-0.3, -0.25) is 9.69 Å². The summed E-state index contributed by atoms with van der Waals surface area (Å²) in [5.41, 5.74) is 4.06. The van der Waals surface area contributed by atoms with E-state index in [1.165, 1.54) is 10.4 Å². The van der Waals surface area contributed by atoms with Gasteiger partial charge in [-0.2, -0.15) is 0 Å². The summed E-state index contributed by atoms with van der Waals surface area (Å²) in [5.74, 6) is 1.45. The number of piperazine rings is 1. The lowest BCUT2D eigenvalue weighted by Crippen LogP contribution is -2.46. The molecule has 1 fully saturated rings. The topological polar surface area (TPSA) is 54.0 Å². The summed E-state index contributed by atoms with van der Waals surface area (Å²) in [6, 6.07) is 15.3. The number of hydrogen-bond acceptors (Lipinski definition) is 6. The Balaban J connectivity index is 1.81. The summed E-state index contributed by atoms with van der Waals surface area (Å²) in [4.78, 5) is 19.2. The van der Waals surface area contributed by atoms with Gasteiger partial charge in [0.15, 0.2) is 0 Å². The Hall–Kier alpha value is -2.87. The predicted octanol–water partition coefficient (Wildman–Crippen LogP) is 4.97. The van der Waals surface area contributed by atoms with Crippen molar-refractivity contribution in [2.45, 2.75) is 19.9 Å². The number of carbonyl (C=O) groups excluding carboxylic acids is 1. The van der Waals surface area contributed by atoms with Crippen LogP contribution < -0.4 is 14.8 Å². The second-order valence-electron chi connectivity index (χ2n) is 8.70. The maximum Gasteiger partial charge on any atom is 0.256 e. The molecule has 1 atom stereocenters. The monoisotopic (exact) mass is 479 g/mol. The van der Waals surface area contributed by atoms with Crippen LogP contribution in [0.2, 0.25) is 0 Å². The molecule has 1 amide bonds. The molecule has 1 N–H and O–H groups in total. The summed E-state index contributed by atoms with van der Waals surface area (Å²) in [7, 11) is 5.52. The second kappa shape index (κ2) is 10.6. The summed E-state index contributed by atoms with van der Waals surface area (Å²) in [5, 5.41) is 4.12. The minimum absolute atomic E-state index is 0.0504. The number of benzene rings is 2. The van der Waals surface area contributed by atoms with E-state index in [1.54, 1.807) is 25.6 Å². The van der Waals surface area contributed by atoms with Crippen LogP contribution >= 0.6 is 11.3 Å². The van der Waals surface area contributed by atoms with Crippen LogP contribution in [-0.2, 0) is 0 Å². The standard InChI is InChI=1S/C27H33N3O3S/c1-18-19(2)34-27(28-26(31)20-9-7-6-8-10-20)24(18)25(30-15-13-29(3)14-16-30)22-12-11-21(32-4)17-23(22)33-5/h6-12,17,25H,13-16H2,1-5H3,(H,28,31)/t25-/m1/s1. The van der Waals surface area contributed by atoms with Crippen LogP contribution in [0.4, 0.5) is 5.00 Å². The molecular weight excluding hydrogens is 446 g/mol. The Morgan fingerprint density at radius 3 is 2.35 bits per heavy atom. The van der Waals surface area contributed by atoms with Crippen molar-refractivity contribution in [3.63, 3.8) is 0 Å². The van der Waals surface area contributed by atoms with E-state index in [2.05, 4.69) is 42.1 Å². The van der Waals surface area contributed by atoms with Crippen molar-refractivity contribution in [2.24, 2.45) is 0 Å². The van der Waals surface area contributed by atoms with Crippen molar-refractivity contribution in [1.82, 2.24) is 9.80 Å². The second-order valence-corrected chi connectivity index (χ2v) is 9.92. The summed E-state index contributed by atoms with van der Waals surface area (Å²) >= 11 is 1.64. The van der Waals surface area contributed by atoms with E-state index in [4.69, 9.17) is 9.47 Å². The Kier molecular flexibility index (Phi) is 7.56. The number of aryl methyl sites for hydroxylation is 1. The lowest BCUT2D eigenvalue weighted by atomic mass is 9.93. The highest BCUT2D eigenvalue weighted by molar-refractivity contribution is 7.16. The van der Waals surface area contributed by atoms with Gasteiger partial charge in [-0.15, -0.1) is 11.3 Å². The fourth-order valence-electron chi connectivity index (χ4n) is 4.49. The Labute approximate surface area is 206 Å². The maximum absolute atomic E-state index is 13.1. The summed E-state index contributed by atoms with van der Waals surface area (Å²) < 4.78 is 11.3. The third-order valence-electron chi connectivity index (χ3n) is 6.61. The van der Waals surface area contributed by atoms with E-state index in [0.717, 1.165) is 53.8 Å². The zero-order chi connectivity index (χ0) is 24.2. The molecule has 7 heteroatoms. The quantitative estimate of drug-likeness (QED) is 0.519. The number of rotatable bonds is 7. The first-order chi connectivity index (χ1) is 16.4. The third-order valence-corrected chi connectivity index (χ3v) is 7.75. The lowest BCUT2D eigenvalue weighted by Gasteiger charge is -2.39. The van der Waals surface area contributed by atoms with Crippen molar-refractivity contribution < 1.29 is 14.3 Å². The minimum Gasteiger partial charge on any atom is -0.497 e. The minimum atomic E-state index is -0.0954. The van der Waals surface area contributed by atoms with Gasteiger partial charge in [0, 0.05) is 53.8 Å². The average molecular weight is 480 g/mol. The number of likely N-dealkylation sites (N-methyl/N-ethyl adjacent to an activating group) is 1. The average Bonchev–Trinajstić information content (AvgIpc) is 3.13. The molecule has 1 aliphatic heterocycles. The van der Waals surface area contributed by atoms with Gasteiger partial charge in [0.2, 0.25) is 0 Å². The van der Waals surface area contributed by atoms with Gasteiger partial charge >= 0.3 is 0 Å². The highest BCUT2D eigenvalue weighted by Crippen LogP contribution is 2.45. The summed E-state index contributed by atoms with van der Waals surface area (Å²) in [6.07, 6.45) is 0. The number of nitrogens with zero attached hydrogens (tertiary/aromatic N) is 2. The zero-order valence-corrected chi connectivity index (χ0v) is 21.4. The molecule has 6 nitrogen and oxygen atoms in total. The number of anilines is 1. The van der Waals surface area contributed by atoms with E-state index in [1.807, 2.05) is 42.5 Å². The normalized spacial score (nSPS) is 15.7. The zero-order valence-electron chi connectivity index (χ0n) is 20.6. The van der Waals surface area contributed by atoms with Crippen molar-refractivity contribution in [3.8, 4) is 11.5 Å². The van der Waals surface area contributed by atoms with Crippen molar-refractivity contribution >= 4 is 22.2 Å². The van der Waals surface area contributed by atoms with Gasteiger partial charge in [-0.05, 0) is 50.7 Å². The molecule has 0 saturated carbocycles. The van der Waals surface area contributed by atoms with Crippen LogP contribution in [-0.4, -0.2) is 63.2 Å². The number of thiophene rings is 1. The molecule has 180 valence electrons. The van der Waals surface area contributed by atoms with E-state index >= 15 is 0 Å². The highest BCUT2D eigenvalue weighted by atomic mass is 32.1. The van der Waals surface area contributed by atoms with Gasteiger partial charge < -0.3 is 19.7 Å². The van der Waals surface area contributed by atoms with Gasteiger partial charge in [0.25, 0.3) is 5.91 Å². The molecule has 34 heavy (non-hydrogen) atoms. The smallest absolute Gasteiger partial charge is 0.256 e. The van der Waals surface area contributed by atoms with E-state index in [-0.39, 0.29) is 11.9 Å². The van der Waals surface area contributed by atoms with Crippen LogP contribution in [0.5, 0.6) is 11.5 Å². The molecule has 0 radical (unpaired) electrons. The largest absolute Gasteiger partial charge is 0.497 e. The Morgan fingerprint density at radius 1 is 1.00 bits per heavy atom. The summed E-state index contributed by atoms with van der Waals surface area (Å²) in [6.45, 7) is 8.10. The van der Waals surface area contributed by atoms with Crippen molar-refractivity contribution in [3.05, 3.63) is 75.7 Å². The van der Waals surface area contributed by atoms with Crippen LogP contribution in [0.1, 0.15) is 38.0 Å². The molecule has 4 rings (SSSR count). The molecule has 0 spiro atoms. The fourth-order valence-corrected chi connectivity index (χ4v) is 5.58. The van der Waals surface area contributed by atoms with Gasteiger partial charge in [-0.25, -0.2) is 0 Å². The van der Waals surface area contributed by atoms with E-state index < -0.39 is 0 Å². The van der Waals surface area contributed by atoms with Crippen LogP contribution in [0.25, 0.3) is 0 Å². The number of nitrogens with one attached hydrogen (secondary N) is 1. The molecule has 2 aromatic carbocycles. The van der Waals surface area contributed by atoms with Crippen molar-refractivity contribution in [1.29, 1.82) is 0 Å². The number of methoxy groups -OCH3 is 2. The first kappa shape index (κ1) is 24.3. The molecule has 1 saturated heterocycles. The molecule has 0 unspecified atom stereocenters. The molecule has 0 aliphatic carbocycles. The third kappa shape index (κ3) is 4.97. The number of carbonyl (C=O) groups is 1. The fraction of sp³-hybridized carbons (Fsp3) is 0.370. The predicted molar refractivity (Wildman–Crippen MR) is 139 cm³/mol. The molecule has 0 bridgehead atoms. The van der Waals surface area contributed by atoms with E-state index in [9.17, 15) is 4.79 Å². The van der Waals surface area contributed by atoms with Gasteiger partial charge in [-0.1, -0.05) is 18.2 Å². The van der Waals surface area contributed by atoms with Gasteiger partial charge in [0.05, 0.1) is 20.3 Å². The number of ether oxygens (including phenoxy) is 2. The van der Waals surface area contributed by atoms with Crippen LogP contribution in [0.15, 0.2) is 48.5 Å².